The Morgan fingerprint density at radius 3 is 2.50 bits per heavy atom. The van der Waals surface area contributed by atoms with Crippen LogP contribution in [0.25, 0.3) is 11.3 Å². The largest absolute Gasteiger partial charge is 0.494 e. The van der Waals surface area contributed by atoms with E-state index in [0.717, 1.165) is 0 Å². The van der Waals surface area contributed by atoms with E-state index in [1.165, 1.54) is 37.4 Å². The van der Waals surface area contributed by atoms with Crippen LogP contribution < -0.4 is 4.74 Å². The minimum absolute atomic E-state index is 0.106. The van der Waals surface area contributed by atoms with Crippen LogP contribution in [0.4, 0.5) is 4.39 Å². The van der Waals surface area contributed by atoms with Crippen molar-refractivity contribution >= 4 is 9.84 Å². The zero-order chi connectivity index (χ0) is 17.2. The van der Waals surface area contributed by atoms with Gasteiger partial charge in [0.2, 0.25) is 9.84 Å². The molecule has 0 aliphatic heterocycles. The number of methoxy groups -OCH3 is 1. The Labute approximate surface area is 138 Å². The molecule has 0 saturated carbocycles. The van der Waals surface area contributed by atoms with Gasteiger partial charge in [-0.2, -0.15) is 0 Å². The van der Waals surface area contributed by atoms with Crippen LogP contribution in [0.1, 0.15) is 0 Å². The van der Waals surface area contributed by atoms with E-state index < -0.39 is 15.7 Å². The summed E-state index contributed by atoms with van der Waals surface area (Å²) in [7, 11) is -2.43. The number of hydrogen-bond donors (Lipinski definition) is 0. The summed E-state index contributed by atoms with van der Waals surface area (Å²) in [5.74, 6) is -0.373. The fourth-order valence-corrected chi connectivity index (χ4v) is 3.32. The van der Waals surface area contributed by atoms with E-state index >= 15 is 0 Å². The lowest BCUT2D eigenvalue weighted by Crippen LogP contribution is -2.07. The van der Waals surface area contributed by atoms with E-state index in [9.17, 15) is 12.8 Å². The molecule has 1 aromatic heterocycles. The van der Waals surface area contributed by atoms with Crippen LogP contribution in [0, 0.1) is 11.9 Å². The summed E-state index contributed by atoms with van der Waals surface area (Å²) in [6.45, 7) is 0. The van der Waals surface area contributed by atoms with Crippen LogP contribution >= 0.6 is 0 Å². The van der Waals surface area contributed by atoms with Gasteiger partial charge in [0.15, 0.2) is 5.03 Å². The van der Waals surface area contributed by atoms with Gasteiger partial charge in [0.25, 0.3) is 0 Å². The van der Waals surface area contributed by atoms with Gasteiger partial charge in [-0.15, -0.1) is 10.2 Å². The van der Waals surface area contributed by atoms with Crippen LogP contribution in [-0.4, -0.2) is 25.7 Å². The second-order valence-corrected chi connectivity index (χ2v) is 6.74. The maximum atomic E-state index is 13.3. The molecule has 0 aliphatic carbocycles. The van der Waals surface area contributed by atoms with Gasteiger partial charge in [-0.3, -0.25) is 0 Å². The quantitative estimate of drug-likeness (QED) is 0.728. The summed E-state index contributed by atoms with van der Waals surface area (Å²) >= 11 is 0. The van der Waals surface area contributed by atoms with Crippen molar-refractivity contribution in [1.82, 2.24) is 10.2 Å². The van der Waals surface area contributed by atoms with Crippen molar-refractivity contribution < 1.29 is 17.5 Å². The van der Waals surface area contributed by atoms with Crippen molar-refractivity contribution in [2.24, 2.45) is 0 Å². The van der Waals surface area contributed by atoms with Gasteiger partial charge in [0, 0.05) is 17.7 Å². The molecule has 1 heterocycles. The number of ether oxygens (including phenoxy) is 1. The molecule has 2 aromatic carbocycles. The Morgan fingerprint density at radius 2 is 1.83 bits per heavy atom. The van der Waals surface area contributed by atoms with Gasteiger partial charge in [-0.05, 0) is 18.2 Å². The minimum atomic E-state index is -3.81. The summed E-state index contributed by atoms with van der Waals surface area (Å²) in [5.41, 5.74) is 0.664. The molecule has 3 aromatic rings. The maximum Gasteiger partial charge on any atom is 0.225 e. The highest BCUT2D eigenvalue weighted by Crippen LogP contribution is 2.30. The van der Waals surface area contributed by atoms with Crippen LogP contribution in [0.15, 0.2) is 64.5 Å². The third-order valence-electron chi connectivity index (χ3n) is 3.33. The number of aromatic nitrogens is 2. The molecule has 3 rings (SSSR count). The third-order valence-corrected chi connectivity index (χ3v) is 4.97. The fraction of sp³-hybridized carbons (Fsp3) is 0.0588. The third kappa shape index (κ3) is 2.98. The van der Waals surface area contributed by atoms with E-state index in [1.54, 1.807) is 24.3 Å². The molecule has 0 bridgehead atoms. The number of rotatable bonds is 4. The van der Waals surface area contributed by atoms with Crippen molar-refractivity contribution in [3.63, 3.8) is 0 Å². The zero-order valence-corrected chi connectivity index (χ0v) is 13.4. The van der Waals surface area contributed by atoms with E-state index in [1.807, 2.05) is 0 Å². The minimum Gasteiger partial charge on any atom is -0.494 e. The summed E-state index contributed by atoms with van der Waals surface area (Å²) in [4.78, 5) is 0.106. The van der Waals surface area contributed by atoms with Gasteiger partial charge in [-0.25, -0.2) is 12.8 Å². The number of benzene rings is 2. The average molecular weight is 343 g/mol. The Hall–Kier alpha value is -2.80. The summed E-state index contributed by atoms with van der Waals surface area (Å²) in [6, 6.07) is 15.8. The molecule has 0 fully saturated rings. The lowest BCUT2D eigenvalue weighted by atomic mass is 10.1. The first-order valence-electron chi connectivity index (χ1n) is 6.92. The highest BCUT2D eigenvalue weighted by atomic mass is 32.2. The first kappa shape index (κ1) is 16.1. The number of hydrogen-bond acceptors (Lipinski definition) is 5. The predicted molar refractivity (Wildman–Crippen MR) is 84.7 cm³/mol. The van der Waals surface area contributed by atoms with E-state index in [0.29, 0.717) is 5.56 Å². The molecule has 0 spiro atoms. The molecule has 121 valence electrons. The molecule has 0 unspecified atom stereocenters. The lowest BCUT2D eigenvalue weighted by molar-refractivity contribution is 0.411. The summed E-state index contributed by atoms with van der Waals surface area (Å²) in [6.07, 6.45) is 0. The van der Waals surface area contributed by atoms with Crippen molar-refractivity contribution in [1.29, 1.82) is 0 Å². The highest BCUT2D eigenvalue weighted by molar-refractivity contribution is 7.91. The first-order valence-corrected chi connectivity index (χ1v) is 8.40. The molecule has 5 nitrogen and oxygen atoms in total. The van der Waals surface area contributed by atoms with Gasteiger partial charge in [0.1, 0.15) is 17.3 Å². The average Bonchev–Trinajstić information content (AvgIpc) is 2.62. The van der Waals surface area contributed by atoms with Crippen LogP contribution in [0.2, 0.25) is 0 Å². The zero-order valence-electron chi connectivity index (χ0n) is 12.6. The molecule has 0 atom stereocenters. The standard InChI is InChI=1S/C17H12FN2O3S/c1-23-15-11-16(24(21,22)14-8-3-2-4-9-14)19-20-17(15)12-6-5-7-13(18)10-12/h2-6,8-11H,1H3. The SMILES string of the molecule is COc1cc(S(=O)(=O)c2ccccc2)nnc1-c1cc[c]c(F)c1. The second-order valence-electron chi connectivity index (χ2n) is 4.84. The molecular formula is C17H12FN2O3S. The normalized spacial score (nSPS) is 11.2. The van der Waals surface area contributed by atoms with Crippen LogP contribution in [0.3, 0.4) is 0 Å². The lowest BCUT2D eigenvalue weighted by Gasteiger charge is -2.09. The Balaban J connectivity index is 2.11. The van der Waals surface area contributed by atoms with E-state index in [2.05, 4.69) is 16.3 Å². The number of sulfone groups is 1. The first-order chi connectivity index (χ1) is 11.5. The molecule has 0 N–H and O–H groups in total. The van der Waals surface area contributed by atoms with Gasteiger partial charge < -0.3 is 4.74 Å². The van der Waals surface area contributed by atoms with E-state index in [-0.39, 0.29) is 21.4 Å². The Morgan fingerprint density at radius 1 is 1.08 bits per heavy atom. The second kappa shape index (κ2) is 6.37. The van der Waals surface area contributed by atoms with Crippen molar-refractivity contribution in [2.45, 2.75) is 9.92 Å². The topological polar surface area (TPSA) is 69.2 Å². The predicted octanol–water partition coefficient (Wildman–Crippen LogP) is 2.92. The molecule has 7 heteroatoms. The van der Waals surface area contributed by atoms with Gasteiger partial charge in [-0.1, -0.05) is 30.3 Å². The highest BCUT2D eigenvalue weighted by Gasteiger charge is 2.22. The van der Waals surface area contributed by atoms with Crippen LogP contribution in [0.5, 0.6) is 5.75 Å². The monoisotopic (exact) mass is 343 g/mol. The molecule has 1 radical (unpaired) electrons. The van der Waals surface area contributed by atoms with Crippen molar-refractivity contribution in [3.8, 4) is 17.0 Å². The fourth-order valence-electron chi connectivity index (χ4n) is 2.15. The van der Waals surface area contributed by atoms with Gasteiger partial charge >= 0.3 is 0 Å². The summed E-state index contributed by atoms with van der Waals surface area (Å²) < 4.78 is 43.7. The molecule has 24 heavy (non-hydrogen) atoms. The molecule has 0 aliphatic rings. The number of nitrogens with zero attached hydrogens (tertiary/aromatic N) is 2. The number of halogens is 1. The summed E-state index contributed by atoms with van der Waals surface area (Å²) in [5, 5.41) is 7.47. The van der Waals surface area contributed by atoms with Gasteiger partial charge in [0.05, 0.1) is 12.0 Å². The maximum absolute atomic E-state index is 13.3. The Kier molecular flexibility index (Phi) is 4.26. The Bertz CT molecular complexity index is 976. The smallest absolute Gasteiger partial charge is 0.225 e. The molecule has 0 amide bonds. The van der Waals surface area contributed by atoms with Crippen molar-refractivity contribution in [2.75, 3.05) is 7.11 Å². The van der Waals surface area contributed by atoms with Crippen molar-refractivity contribution in [3.05, 3.63) is 66.5 Å². The molecular weight excluding hydrogens is 331 g/mol. The molecule has 0 saturated heterocycles. The van der Waals surface area contributed by atoms with Crippen LogP contribution in [-0.2, 0) is 9.84 Å². The van der Waals surface area contributed by atoms with E-state index in [4.69, 9.17) is 4.74 Å².